The lowest BCUT2D eigenvalue weighted by atomic mass is 9.76. The largest absolute Gasteiger partial charge is 0.490 e. The van der Waals surface area contributed by atoms with Gasteiger partial charge in [-0.05, 0) is 107 Å². The minimum Gasteiger partial charge on any atom is -0.490 e. The molecule has 2 aliphatic rings. The van der Waals surface area contributed by atoms with E-state index in [4.69, 9.17) is 14.5 Å². The van der Waals surface area contributed by atoms with Crippen LogP contribution in [0.25, 0.3) is 0 Å². The van der Waals surface area contributed by atoms with Gasteiger partial charge in [0.05, 0.1) is 22.8 Å². The molecule has 1 aliphatic carbocycles. The number of nitrogens with zero attached hydrogens (tertiary/aromatic N) is 1. The third kappa shape index (κ3) is 6.14. The Morgan fingerprint density at radius 2 is 1.76 bits per heavy atom. The van der Waals surface area contributed by atoms with Crippen molar-refractivity contribution in [3.8, 4) is 11.5 Å². The minimum absolute atomic E-state index is 0.276. The van der Waals surface area contributed by atoms with Gasteiger partial charge in [-0.1, -0.05) is 70.0 Å². The zero-order chi connectivity index (χ0) is 28.3. The van der Waals surface area contributed by atoms with E-state index in [1.165, 1.54) is 22.4 Å². The van der Waals surface area contributed by atoms with Crippen molar-refractivity contribution in [2.45, 2.75) is 38.8 Å². The number of aryl methyl sites for hydroxylation is 1. The maximum atomic E-state index is 6.15. The second-order valence-electron chi connectivity index (χ2n) is 10.6. The van der Waals surface area contributed by atoms with Gasteiger partial charge in [-0.15, -0.1) is 0 Å². The molecule has 6 heteroatoms. The molecular formula is C35H32Br2N2O2. The first-order valence-electron chi connectivity index (χ1n) is 14.0. The molecule has 1 N–H and O–H groups in total. The van der Waals surface area contributed by atoms with Crippen molar-refractivity contribution in [1.82, 2.24) is 0 Å². The smallest absolute Gasteiger partial charge is 0.175 e. The first-order chi connectivity index (χ1) is 20.0. The number of hydrogen-bond acceptors (Lipinski definition) is 4. The van der Waals surface area contributed by atoms with Crippen molar-refractivity contribution in [2.24, 2.45) is 10.9 Å². The summed E-state index contributed by atoms with van der Waals surface area (Å²) in [6.45, 7) is 5.13. The summed E-state index contributed by atoms with van der Waals surface area (Å²) in [6, 6.07) is 27.7. The fourth-order valence-electron chi connectivity index (χ4n) is 5.76. The highest BCUT2D eigenvalue weighted by Gasteiger charge is 2.37. The Labute approximate surface area is 258 Å². The lowest BCUT2D eigenvalue weighted by Gasteiger charge is -2.37. The molecule has 0 fully saturated rings. The first-order valence-corrected chi connectivity index (χ1v) is 15.6. The monoisotopic (exact) mass is 670 g/mol. The van der Waals surface area contributed by atoms with Gasteiger partial charge in [0.2, 0.25) is 0 Å². The molecule has 0 saturated heterocycles. The fourth-order valence-corrected chi connectivity index (χ4v) is 6.60. The summed E-state index contributed by atoms with van der Waals surface area (Å²) in [5.41, 5.74) is 8.20. The molecule has 1 heterocycles. The number of ether oxygens (including phenoxy) is 2. The van der Waals surface area contributed by atoms with Gasteiger partial charge in [-0.2, -0.15) is 0 Å². The van der Waals surface area contributed by atoms with Crippen LogP contribution >= 0.6 is 31.9 Å². The van der Waals surface area contributed by atoms with Crippen LogP contribution in [0.1, 0.15) is 53.1 Å². The molecule has 3 atom stereocenters. The highest BCUT2D eigenvalue weighted by Crippen LogP contribution is 2.50. The highest BCUT2D eigenvalue weighted by molar-refractivity contribution is 9.10. The number of nitrogens with one attached hydrogen (secondary N) is 1. The van der Waals surface area contributed by atoms with Crippen molar-refractivity contribution in [3.63, 3.8) is 0 Å². The third-order valence-corrected chi connectivity index (χ3v) is 8.88. The summed E-state index contributed by atoms with van der Waals surface area (Å²) >= 11 is 7.16. The molecule has 0 radical (unpaired) electrons. The van der Waals surface area contributed by atoms with Gasteiger partial charge < -0.3 is 14.8 Å². The van der Waals surface area contributed by atoms with Crippen molar-refractivity contribution in [2.75, 3.05) is 11.9 Å². The number of fused-ring (bicyclic) bond motifs is 3. The molecule has 0 saturated carbocycles. The van der Waals surface area contributed by atoms with Crippen molar-refractivity contribution in [3.05, 3.63) is 128 Å². The minimum atomic E-state index is 0.276. The lowest BCUT2D eigenvalue weighted by molar-refractivity contribution is 0.267. The zero-order valence-electron chi connectivity index (χ0n) is 23.1. The van der Waals surface area contributed by atoms with Gasteiger partial charge >= 0.3 is 0 Å². The van der Waals surface area contributed by atoms with E-state index in [0.29, 0.717) is 36.5 Å². The van der Waals surface area contributed by atoms with Crippen LogP contribution in [0.3, 0.4) is 0 Å². The molecule has 0 bridgehead atoms. The van der Waals surface area contributed by atoms with Crippen LogP contribution in [0.15, 0.2) is 105 Å². The molecule has 0 spiro atoms. The number of halogens is 2. The van der Waals surface area contributed by atoms with Crippen LogP contribution < -0.4 is 14.8 Å². The van der Waals surface area contributed by atoms with E-state index in [2.05, 4.69) is 98.7 Å². The third-order valence-electron chi connectivity index (χ3n) is 7.76. The van der Waals surface area contributed by atoms with Crippen LogP contribution in [0.4, 0.5) is 11.4 Å². The van der Waals surface area contributed by atoms with E-state index in [1.807, 2.05) is 49.5 Å². The van der Waals surface area contributed by atoms with E-state index in [-0.39, 0.29) is 6.04 Å². The highest BCUT2D eigenvalue weighted by atomic mass is 79.9. The SMILES string of the molecule is CCOc1cc(C=Nc2ccc([C@@H]3Nc4ccc(C)cc4[C@H]4C=CC[C@@H]43)cc2)cc(Br)c1OCc1ccc(Br)cc1. The maximum Gasteiger partial charge on any atom is 0.175 e. The Hall–Kier alpha value is -3.35. The Kier molecular flexibility index (Phi) is 8.31. The number of hydrogen-bond donors (Lipinski definition) is 1. The van der Waals surface area contributed by atoms with Crippen LogP contribution in [0.2, 0.25) is 0 Å². The standard InChI is InChI=1S/C35H32Br2N2O2/c1-3-40-33-19-24(18-31(37)35(33)41-21-23-8-12-26(36)13-9-23)20-38-27-14-10-25(11-15-27)34-29-6-4-5-28(29)30-17-22(2)7-16-32(30)39-34/h4-5,7-20,28-29,34,39H,3,6,21H2,1-2H3/t28-,29-,34-/m0/s1. The van der Waals surface area contributed by atoms with Crippen LogP contribution in [0.5, 0.6) is 11.5 Å². The molecule has 1 aliphatic heterocycles. The van der Waals surface area contributed by atoms with E-state index in [1.54, 1.807) is 0 Å². The second-order valence-corrected chi connectivity index (χ2v) is 12.4. The Balaban J connectivity index is 1.17. The van der Waals surface area contributed by atoms with Crippen LogP contribution in [0, 0.1) is 12.8 Å². The van der Waals surface area contributed by atoms with E-state index in [0.717, 1.165) is 32.2 Å². The number of allylic oxidation sites excluding steroid dienone is 2. The topological polar surface area (TPSA) is 42.8 Å². The summed E-state index contributed by atoms with van der Waals surface area (Å²) in [5.74, 6) is 2.37. The summed E-state index contributed by atoms with van der Waals surface area (Å²) in [7, 11) is 0. The van der Waals surface area contributed by atoms with Gasteiger partial charge in [-0.3, -0.25) is 4.99 Å². The van der Waals surface area contributed by atoms with Gasteiger partial charge in [0, 0.05) is 22.3 Å². The number of benzene rings is 4. The zero-order valence-corrected chi connectivity index (χ0v) is 26.3. The Morgan fingerprint density at radius 1 is 0.951 bits per heavy atom. The average molecular weight is 672 g/mol. The Bertz CT molecular complexity index is 1600. The summed E-state index contributed by atoms with van der Waals surface area (Å²) < 4.78 is 14.0. The Morgan fingerprint density at radius 3 is 2.54 bits per heavy atom. The van der Waals surface area contributed by atoms with E-state index >= 15 is 0 Å². The molecule has 4 aromatic rings. The summed E-state index contributed by atoms with van der Waals surface area (Å²) in [4.78, 5) is 4.77. The number of rotatable bonds is 8. The van der Waals surface area contributed by atoms with Crippen molar-refractivity contribution < 1.29 is 9.47 Å². The second kappa shape index (κ2) is 12.3. The molecule has 0 aromatic heterocycles. The van der Waals surface area contributed by atoms with Crippen LogP contribution in [-0.4, -0.2) is 12.8 Å². The van der Waals surface area contributed by atoms with Gasteiger partial charge in [0.25, 0.3) is 0 Å². The maximum absolute atomic E-state index is 6.15. The predicted octanol–water partition coefficient (Wildman–Crippen LogP) is 10.1. The molecule has 41 heavy (non-hydrogen) atoms. The molecule has 6 rings (SSSR count). The molecule has 0 unspecified atom stereocenters. The average Bonchev–Trinajstić information content (AvgIpc) is 3.47. The molecule has 0 amide bonds. The molecule has 208 valence electrons. The quantitative estimate of drug-likeness (QED) is 0.150. The number of aliphatic imine (C=N–C) groups is 1. The van der Waals surface area contributed by atoms with Crippen LogP contribution in [-0.2, 0) is 6.61 Å². The molecule has 4 aromatic carbocycles. The van der Waals surface area contributed by atoms with E-state index in [9.17, 15) is 0 Å². The normalized spacial score (nSPS) is 19.1. The van der Waals surface area contributed by atoms with Gasteiger partial charge in [-0.25, -0.2) is 0 Å². The summed E-state index contributed by atoms with van der Waals surface area (Å²) in [5, 5.41) is 3.83. The van der Waals surface area contributed by atoms with E-state index < -0.39 is 0 Å². The van der Waals surface area contributed by atoms with Gasteiger partial charge in [0.1, 0.15) is 6.61 Å². The fraction of sp³-hybridized carbons (Fsp3) is 0.229. The summed E-state index contributed by atoms with van der Waals surface area (Å²) in [6.07, 6.45) is 7.69. The van der Waals surface area contributed by atoms with Crippen molar-refractivity contribution in [1.29, 1.82) is 0 Å². The van der Waals surface area contributed by atoms with Crippen molar-refractivity contribution >= 4 is 49.4 Å². The first kappa shape index (κ1) is 27.8. The number of anilines is 1. The lowest BCUT2D eigenvalue weighted by Crippen LogP contribution is -2.29. The molecular weight excluding hydrogens is 640 g/mol. The molecule has 4 nitrogen and oxygen atoms in total. The van der Waals surface area contributed by atoms with Gasteiger partial charge in [0.15, 0.2) is 11.5 Å². The predicted molar refractivity (Wildman–Crippen MR) is 175 cm³/mol.